The van der Waals surface area contributed by atoms with E-state index in [-0.39, 0.29) is 11.6 Å². The maximum atomic E-state index is 13.0. The van der Waals surface area contributed by atoms with Crippen LogP contribution in [0.25, 0.3) is 0 Å². The van der Waals surface area contributed by atoms with E-state index in [2.05, 4.69) is 27.7 Å². The molecule has 0 aromatic heterocycles. The quantitative estimate of drug-likeness (QED) is 0.471. The van der Waals surface area contributed by atoms with Crippen LogP contribution in [-0.2, 0) is 0 Å². The Balaban J connectivity index is 1.92. The zero-order valence-electron chi connectivity index (χ0n) is 16.9. The lowest BCUT2D eigenvalue weighted by molar-refractivity contribution is 0.103. The molecule has 0 aliphatic heterocycles. The van der Waals surface area contributed by atoms with Crippen molar-refractivity contribution in [2.24, 2.45) is 0 Å². The Kier molecular flexibility index (Phi) is 5.89. The fourth-order valence-electron chi connectivity index (χ4n) is 3.21. The van der Waals surface area contributed by atoms with Crippen molar-refractivity contribution >= 4 is 11.6 Å². The molecule has 0 bridgehead atoms. The van der Waals surface area contributed by atoms with Crippen molar-refractivity contribution in [3.05, 3.63) is 106 Å². The number of hydrogen-bond acceptors (Lipinski definition) is 2. The molecule has 0 heterocycles. The smallest absolute Gasteiger partial charge is 0.193 e. The summed E-state index contributed by atoms with van der Waals surface area (Å²) in [6.45, 7) is 8.42. The minimum atomic E-state index is -0.0620. The molecular weight excluding hydrogens is 344 g/mol. The molecule has 2 heteroatoms. The molecule has 3 aromatic carbocycles. The predicted molar refractivity (Wildman–Crippen MR) is 114 cm³/mol. The number of hydrogen-bond donors (Lipinski definition) is 0. The van der Waals surface area contributed by atoms with Crippen molar-refractivity contribution in [3.8, 4) is 0 Å². The van der Waals surface area contributed by atoms with Crippen molar-refractivity contribution in [2.45, 2.75) is 39.5 Å². The molecule has 0 aliphatic carbocycles. The maximum absolute atomic E-state index is 13.0. The highest BCUT2D eigenvalue weighted by Gasteiger charge is 2.15. The number of carbonyl (C=O) groups excluding carboxylic acids is 2. The molecule has 3 aromatic rings. The Bertz CT molecular complexity index is 933. The van der Waals surface area contributed by atoms with Crippen LogP contribution < -0.4 is 0 Å². The van der Waals surface area contributed by atoms with Crippen LogP contribution in [0.2, 0.25) is 0 Å². The Morgan fingerprint density at radius 1 is 0.536 bits per heavy atom. The van der Waals surface area contributed by atoms with E-state index in [0.29, 0.717) is 34.1 Å². The molecule has 0 radical (unpaired) electrons. The van der Waals surface area contributed by atoms with E-state index in [0.717, 1.165) is 11.1 Å². The van der Waals surface area contributed by atoms with Crippen LogP contribution in [0.1, 0.15) is 82.5 Å². The molecular formula is C26H26O2. The van der Waals surface area contributed by atoms with Crippen molar-refractivity contribution in [1.82, 2.24) is 0 Å². The van der Waals surface area contributed by atoms with Gasteiger partial charge in [-0.25, -0.2) is 0 Å². The van der Waals surface area contributed by atoms with Gasteiger partial charge in [0.1, 0.15) is 0 Å². The summed E-state index contributed by atoms with van der Waals surface area (Å²) in [5.74, 6) is 0.587. The number of ketones is 2. The summed E-state index contributed by atoms with van der Waals surface area (Å²) in [5, 5.41) is 0. The molecule has 0 unspecified atom stereocenters. The van der Waals surface area contributed by atoms with E-state index >= 15 is 0 Å². The van der Waals surface area contributed by atoms with E-state index < -0.39 is 0 Å². The van der Waals surface area contributed by atoms with Crippen LogP contribution in [0.3, 0.4) is 0 Å². The molecule has 0 fully saturated rings. The first-order valence-electron chi connectivity index (χ1n) is 9.76. The van der Waals surface area contributed by atoms with Crippen molar-refractivity contribution in [2.75, 3.05) is 0 Å². The first kappa shape index (κ1) is 19.8. The molecule has 0 atom stereocenters. The third-order valence-corrected chi connectivity index (χ3v) is 5.02. The van der Waals surface area contributed by atoms with Crippen molar-refractivity contribution in [1.29, 1.82) is 0 Å². The van der Waals surface area contributed by atoms with Gasteiger partial charge in [-0.05, 0) is 41.2 Å². The van der Waals surface area contributed by atoms with E-state index in [4.69, 9.17) is 0 Å². The van der Waals surface area contributed by atoms with E-state index in [1.165, 1.54) is 0 Å². The Morgan fingerprint density at radius 3 is 1.21 bits per heavy atom. The third kappa shape index (κ3) is 4.28. The number of benzene rings is 3. The summed E-state index contributed by atoms with van der Waals surface area (Å²) in [5.41, 5.74) is 4.63. The summed E-state index contributed by atoms with van der Waals surface area (Å²) < 4.78 is 0. The van der Waals surface area contributed by atoms with Gasteiger partial charge in [-0.1, -0.05) is 82.3 Å². The SMILES string of the molecule is CC(C)c1cccc(C(=O)c2cccc(C(=O)c3cccc(C(C)C)c3)c2)c1. The molecule has 3 rings (SSSR count). The van der Waals surface area contributed by atoms with Crippen LogP contribution in [0.4, 0.5) is 0 Å². The summed E-state index contributed by atoms with van der Waals surface area (Å²) in [6, 6.07) is 22.4. The minimum absolute atomic E-state index is 0.0620. The Hall–Kier alpha value is -3.00. The molecule has 0 N–H and O–H groups in total. The first-order valence-corrected chi connectivity index (χ1v) is 9.76. The summed E-state index contributed by atoms with van der Waals surface area (Å²) in [7, 11) is 0. The van der Waals surface area contributed by atoms with E-state index in [9.17, 15) is 9.59 Å². The predicted octanol–water partition coefficient (Wildman–Crippen LogP) is 6.40. The number of rotatable bonds is 6. The second-order valence-electron chi connectivity index (χ2n) is 7.80. The lowest BCUT2D eigenvalue weighted by Crippen LogP contribution is -2.07. The third-order valence-electron chi connectivity index (χ3n) is 5.02. The van der Waals surface area contributed by atoms with E-state index in [1.54, 1.807) is 24.3 Å². The maximum Gasteiger partial charge on any atom is 0.193 e. The van der Waals surface area contributed by atoms with Gasteiger partial charge in [0.2, 0.25) is 0 Å². The van der Waals surface area contributed by atoms with Crippen LogP contribution in [0.15, 0.2) is 72.8 Å². The van der Waals surface area contributed by atoms with Gasteiger partial charge in [0.05, 0.1) is 0 Å². The average Bonchev–Trinajstić information content (AvgIpc) is 2.73. The van der Waals surface area contributed by atoms with Gasteiger partial charge in [0.25, 0.3) is 0 Å². The largest absolute Gasteiger partial charge is 0.289 e. The van der Waals surface area contributed by atoms with Crippen molar-refractivity contribution < 1.29 is 9.59 Å². The molecule has 28 heavy (non-hydrogen) atoms. The summed E-state index contributed by atoms with van der Waals surface area (Å²) >= 11 is 0. The Morgan fingerprint density at radius 2 is 0.857 bits per heavy atom. The molecule has 0 amide bonds. The lowest BCUT2D eigenvalue weighted by Gasteiger charge is -2.10. The van der Waals surface area contributed by atoms with Gasteiger partial charge in [-0.15, -0.1) is 0 Å². The van der Waals surface area contributed by atoms with Gasteiger partial charge in [-0.3, -0.25) is 9.59 Å². The summed E-state index contributed by atoms with van der Waals surface area (Å²) in [4.78, 5) is 25.9. The Labute approximate surface area is 167 Å². The normalized spacial score (nSPS) is 11.1. The van der Waals surface area contributed by atoms with Crippen LogP contribution in [-0.4, -0.2) is 11.6 Å². The molecule has 0 spiro atoms. The first-order chi connectivity index (χ1) is 13.4. The summed E-state index contributed by atoms with van der Waals surface area (Å²) in [6.07, 6.45) is 0. The van der Waals surface area contributed by atoms with Crippen molar-refractivity contribution in [3.63, 3.8) is 0 Å². The highest BCUT2D eigenvalue weighted by molar-refractivity contribution is 6.13. The minimum Gasteiger partial charge on any atom is -0.289 e. The molecule has 2 nitrogen and oxygen atoms in total. The van der Waals surface area contributed by atoms with Crippen LogP contribution in [0.5, 0.6) is 0 Å². The second-order valence-corrected chi connectivity index (χ2v) is 7.80. The van der Waals surface area contributed by atoms with Crippen LogP contribution in [0, 0.1) is 0 Å². The van der Waals surface area contributed by atoms with Gasteiger partial charge in [0, 0.05) is 22.3 Å². The number of carbonyl (C=O) groups is 2. The topological polar surface area (TPSA) is 34.1 Å². The van der Waals surface area contributed by atoms with Gasteiger partial charge < -0.3 is 0 Å². The molecule has 0 aliphatic rings. The molecule has 142 valence electrons. The molecule has 0 saturated carbocycles. The average molecular weight is 370 g/mol. The second kappa shape index (κ2) is 8.35. The zero-order valence-corrected chi connectivity index (χ0v) is 16.9. The van der Waals surface area contributed by atoms with Gasteiger partial charge in [0.15, 0.2) is 11.6 Å². The zero-order chi connectivity index (χ0) is 20.3. The molecule has 0 saturated heterocycles. The van der Waals surface area contributed by atoms with E-state index in [1.807, 2.05) is 48.5 Å². The highest BCUT2D eigenvalue weighted by Crippen LogP contribution is 2.21. The fourth-order valence-corrected chi connectivity index (χ4v) is 3.21. The van der Waals surface area contributed by atoms with Gasteiger partial charge in [-0.2, -0.15) is 0 Å². The standard InChI is InChI=1S/C26H26O2/c1-17(2)19-8-5-10-21(14-19)25(27)23-12-7-13-24(16-23)26(28)22-11-6-9-20(15-22)18(3)4/h5-18H,1-4H3. The highest BCUT2D eigenvalue weighted by atomic mass is 16.1. The van der Waals surface area contributed by atoms with Crippen LogP contribution >= 0.6 is 0 Å². The van der Waals surface area contributed by atoms with Gasteiger partial charge >= 0.3 is 0 Å². The lowest BCUT2D eigenvalue weighted by atomic mass is 9.93. The monoisotopic (exact) mass is 370 g/mol. The fraction of sp³-hybridized carbons (Fsp3) is 0.231.